The number of nitrogens with zero attached hydrogens (tertiary/aromatic N) is 1. The molecule has 1 saturated heterocycles. The molecule has 2 atom stereocenters. The summed E-state index contributed by atoms with van der Waals surface area (Å²) in [7, 11) is 1.75. The van der Waals surface area contributed by atoms with Gasteiger partial charge in [-0.2, -0.15) is 0 Å². The first-order chi connectivity index (χ1) is 14.4. The number of halogens is 2. The minimum atomic E-state index is -0.499. The van der Waals surface area contributed by atoms with Gasteiger partial charge in [-0.15, -0.1) is 0 Å². The lowest BCUT2D eigenvalue weighted by molar-refractivity contribution is -0.147. The second-order valence-electron chi connectivity index (χ2n) is 7.23. The van der Waals surface area contributed by atoms with Gasteiger partial charge in [0.1, 0.15) is 11.9 Å². The first-order valence-electron chi connectivity index (χ1n) is 9.69. The molecule has 0 saturated carbocycles. The van der Waals surface area contributed by atoms with E-state index < -0.39 is 6.10 Å². The highest BCUT2D eigenvalue weighted by Crippen LogP contribution is 2.18. The van der Waals surface area contributed by atoms with Crippen molar-refractivity contribution >= 4 is 35.0 Å². The second-order valence-corrected chi connectivity index (χ2v) is 8.10. The Morgan fingerprint density at radius 2 is 1.70 bits per heavy atom. The number of hydrogen-bond acceptors (Lipinski definition) is 4. The summed E-state index contributed by atoms with van der Waals surface area (Å²) < 4.78 is 11.2. The number of nitrogens with one attached hydrogen (secondary N) is 1. The lowest BCUT2D eigenvalue weighted by Gasteiger charge is -2.31. The van der Waals surface area contributed by atoms with Crippen LogP contribution in [0.3, 0.4) is 0 Å². The van der Waals surface area contributed by atoms with Crippen molar-refractivity contribution in [2.75, 3.05) is 20.3 Å². The molecule has 0 unspecified atom stereocenters. The first kappa shape index (κ1) is 22.4. The minimum Gasteiger partial charge on any atom is -0.484 e. The molecule has 0 aromatic heterocycles. The molecule has 2 aromatic rings. The van der Waals surface area contributed by atoms with Crippen molar-refractivity contribution in [2.45, 2.75) is 31.5 Å². The van der Waals surface area contributed by atoms with Crippen LogP contribution in [0, 0.1) is 0 Å². The van der Waals surface area contributed by atoms with Crippen molar-refractivity contribution in [3.8, 4) is 5.75 Å². The Balaban J connectivity index is 1.39. The quantitative estimate of drug-likeness (QED) is 0.698. The van der Waals surface area contributed by atoms with Crippen LogP contribution in [0.2, 0.25) is 10.0 Å². The zero-order chi connectivity index (χ0) is 21.5. The largest absolute Gasteiger partial charge is 0.484 e. The topological polar surface area (TPSA) is 67.9 Å². The van der Waals surface area contributed by atoms with E-state index in [0.717, 1.165) is 5.56 Å². The van der Waals surface area contributed by atoms with E-state index in [1.54, 1.807) is 48.3 Å². The molecule has 0 spiro atoms. The lowest BCUT2D eigenvalue weighted by Crippen LogP contribution is -2.48. The fourth-order valence-electron chi connectivity index (χ4n) is 3.20. The summed E-state index contributed by atoms with van der Waals surface area (Å²) in [5.41, 5.74) is 0.997. The number of amides is 2. The maximum Gasteiger partial charge on any atom is 0.258 e. The zero-order valence-corrected chi connectivity index (χ0v) is 18.2. The zero-order valence-electron chi connectivity index (χ0n) is 16.6. The smallest absolute Gasteiger partial charge is 0.258 e. The molecule has 0 aliphatic carbocycles. The van der Waals surface area contributed by atoms with Crippen molar-refractivity contribution in [3.63, 3.8) is 0 Å². The van der Waals surface area contributed by atoms with Gasteiger partial charge in [0.15, 0.2) is 6.61 Å². The van der Waals surface area contributed by atoms with Gasteiger partial charge < -0.3 is 19.7 Å². The highest BCUT2D eigenvalue weighted by atomic mass is 35.5. The van der Waals surface area contributed by atoms with Crippen LogP contribution in [-0.4, -0.2) is 49.1 Å². The molecular formula is C22H24Cl2N2O4. The van der Waals surface area contributed by atoms with E-state index >= 15 is 0 Å². The fourth-order valence-corrected chi connectivity index (χ4v) is 3.45. The van der Waals surface area contributed by atoms with Crippen LogP contribution >= 0.6 is 23.2 Å². The van der Waals surface area contributed by atoms with Crippen LogP contribution in [0.15, 0.2) is 48.5 Å². The summed E-state index contributed by atoms with van der Waals surface area (Å²) in [6.45, 7) is 0.681. The molecule has 0 radical (unpaired) electrons. The maximum atomic E-state index is 12.6. The van der Waals surface area contributed by atoms with Crippen molar-refractivity contribution in [2.24, 2.45) is 0 Å². The summed E-state index contributed by atoms with van der Waals surface area (Å²) in [4.78, 5) is 26.4. The van der Waals surface area contributed by atoms with E-state index in [1.165, 1.54) is 0 Å². The number of benzene rings is 2. The molecule has 30 heavy (non-hydrogen) atoms. The molecule has 1 aliphatic heterocycles. The first-order valence-corrected chi connectivity index (χ1v) is 10.4. The molecule has 6 nitrogen and oxygen atoms in total. The second kappa shape index (κ2) is 10.7. The van der Waals surface area contributed by atoms with Crippen molar-refractivity contribution in [3.05, 3.63) is 64.1 Å². The predicted octanol–water partition coefficient (Wildman–Crippen LogP) is 3.69. The molecule has 1 N–H and O–H groups in total. The van der Waals surface area contributed by atoms with Crippen LogP contribution in [0.1, 0.15) is 18.4 Å². The highest BCUT2D eigenvalue weighted by Gasteiger charge is 2.29. The fraction of sp³-hybridized carbons (Fsp3) is 0.364. The summed E-state index contributed by atoms with van der Waals surface area (Å²) in [6.07, 6.45) is 0.714. The normalized spacial score (nSPS) is 18.5. The van der Waals surface area contributed by atoms with Crippen molar-refractivity contribution < 1.29 is 19.1 Å². The molecule has 1 heterocycles. The number of ether oxygens (including phenoxy) is 2. The Morgan fingerprint density at radius 3 is 2.30 bits per heavy atom. The van der Waals surface area contributed by atoms with Gasteiger partial charge in [-0.3, -0.25) is 9.59 Å². The summed E-state index contributed by atoms with van der Waals surface area (Å²) in [6, 6.07) is 14.1. The third kappa shape index (κ3) is 6.62. The van der Waals surface area contributed by atoms with Gasteiger partial charge in [0.05, 0.1) is 12.6 Å². The van der Waals surface area contributed by atoms with Crippen molar-refractivity contribution in [1.82, 2.24) is 10.2 Å². The lowest BCUT2D eigenvalue weighted by atomic mass is 10.0. The standard InChI is InChI=1S/C22H24Cl2N2O4/c1-26(12-15-2-4-16(23)5-3-15)22(28)20-11-8-18(13-30-20)25-21(27)14-29-19-9-6-17(24)7-10-19/h2-7,9-10,18,20H,8,11-14H2,1H3,(H,25,27)/t18-,20+/m0/s1. The molecule has 8 heteroatoms. The van der Waals surface area contributed by atoms with E-state index in [2.05, 4.69) is 5.32 Å². The molecule has 2 amide bonds. The molecule has 3 rings (SSSR count). The summed E-state index contributed by atoms with van der Waals surface area (Å²) >= 11 is 11.7. The molecular weight excluding hydrogens is 427 g/mol. The average molecular weight is 451 g/mol. The van der Waals surface area contributed by atoms with E-state index in [4.69, 9.17) is 32.7 Å². The van der Waals surface area contributed by atoms with Crippen LogP contribution in [0.4, 0.5) is 0 Å². The van der Waals surface area contributed by atoms with E-state index in [-0.39, 0.29) is 31.1 Å². The average Bonchev–Trinajstić information content (AvgIpc) is 2.75. The van der Waals surface area contributed by atoms with Crippen LogP contribution in [0.25, 0.3) is 0 Å². The Labute approximate surface area is 186 Å². The minimum absolute atomic E-state index is 0.0687. The number of rotatable bonds is 7. The maximum absolute atomic E-state index is 12.6. The van der Waals surface area contributed by atoms with Gasteiger partial charge in [0.25, 0.3) is 11.8 Å². The van der Waals surface area contributed by atoms with Gasteiger partial charge in [-0.05, 0) is 54.8 Å². The van der Waals surface area contributed by atoms with Gasteiger partial charge in [0, 0.05) is 23.6 Å². The monoisotopic (exact) mass is 450 g/mol. The summed E-state index contributed by atoms with van der Waals surface area (Å²) in [5, 5.41) is 4.15. The van der Waals surface area contributed by atoms with Gasteiger partial charge >= 0.3 is 0 Å². The SMILES string of the molecule is CN(Cc1ccc(Cl)cc1)C(=O)[C@H]1CC[C@H](NC(=O)COc2ccc(Cl)cc2)CO1. The predicted molar refractivity (Wildman–Crippen MR) is 116 cm³/mol. The van der Waals surface area contributed by atoms with Gasteiger partial charge in [0.2, 0.25) is 0 Å². The molecule has 1 fully saturated rings. The molecule has 1 aliphatic rings. The number of hydrogen-bond donors (Lipinski definition) is 1. The van der Waals surface area contributed by atoms with Gasteiger partial charge in [-0.25, -0.2) is 0 Å². The Morgan fingerprint density at radius 1 is 1.07 bits per heavy atom. The van der Waals surface area contributed by atoms with Crippen LogP contribution in [-0.2, 0) is 20.9 Å². The van der Waals surface area contributed by atoms with Crippen LogP contribution in [0.5, 0.6) is 5.75 Å². The molecule has 2 aromatic carbocycles. The number of carbonyl (C=O) groups is 2. The van der Waals surface area contributed by atoms with E-state index in [1.807, 2.05) is 12.1 Å². The third-order valence-electron chi connectivity index (χ3n) is 4.81. The molecule has 160 valence electrons. The third-order valence-corrected chi connectivity index (χ3v) is 5.31. The summed E-state index contributed by atoms with van der Waals surface area (Å²) in [5.74, 6) is 0.271. The Hall–Kier alpha value is -2.28. The Kier molecular flexibility index (Phi) is 7.96. The van der Waals surface area contributed by atoms with Crippen LogP contribution < -0.4 is 10.1 Å². The van der Waals surface area contributed by atoms with Crippen molar-refractivity contribution in [1.29, 1.82) is 0 Å². The highest BCUT2D eigenvalue weighted by molar-refractivity contribution is 6.30. The number of likely N-dealkylation sites (N-methyl/N-ethyl adjacent to an activating group) is 1. The molecule has 0 bridgehead atoms. The Bertz CT molecular complexity index is 850. The van der Waals surface area contributed by atoms with E-state index in [9.17, 15) is 9.59 Å². The van der Waals surface area contributed by atoms with E-state index in [0.29, 0.717) is 35.2 Å². The number of carbonyl (C=O) groups excluding carboxylic acids is 2. The van der Waals surface area contributed by atoms with Gasteiger partial charge in [-0.1, -0.05) is 35.3 Å².